The Balaban J connectivity index is 1.13. The number of carbonyl (C=O) groups is 3. The summed E-state index contributed by atoms with van der Waals surface area (Å²) in [5.41, 5.74) is 2.56. The smallest absolute Gasteiger partial charge is 0.230 e. The zero-order valence-corrected chi connectivity index (χ0v) is 25.9. The summed E-state index contributed by atoms with van der Waals surface area (Å²) in [6, 6.07) is 20.4. The van der Waals surface area contributed by atoms with E-state index in [1.807, 2.05) is 42.5 Å². The van der Waals surface area contributed by atoms with Crippen molar-refractivity contribution in [2.75, 3.05) is 17.2 Å². The van der Waals surface area contributed by atoms with Crippen LogP contribution < -0.4 is 15.4 Å². The number of unbranched alkanes of at least 4 members (excludes halogenated alkanes) is 1. The van der Waals surface area contributed by atoms with Crippen LogP contribution in [-0.4, -0.2) is 44.6 Å². The highest BCUT2D eigenvalue weighted by atomic mass is 32.1. The van der Waals surface area contributed by atoms with E-state index in [2.05, 4.69) is 44.9 Å². The minimum absolute atomic E-state index is 0.0303. The van der Waals surface area contributed by atoms with Gasteiger partial charge in [0.25, 0.3) is 0 Å². The Morgan fingerprint density at radius 3 is 2.32 bits per heavy atom. The van der Waals surface area contributed by atoms with Gasteiger partial charge >= 0.3 is 0 Å². The summed E-state index contributed by atoms with van der Waals surface area (Å²) >= 11 is 1.39. The lowest BCUT2D eigenvalue weighted by molar-refractivity contribution is -0.121. The number of nitrogens with one attached hydrogen (secondary N) is 2. The number of benzene rings is 2. The Bertz CT molecular complexity index is 1510. The Hall–Kier alpha value is -4.51. The first kappa shape index (κ1) is 32.4. The first-order valence-electron chi connectivity index (χ1n) is 14.8. The van der Waals surface area contributed by atoms with Crippen molar-refractivity contribution in [1.82, 2.24) is 20.4 Å². The van der Waals surface area contributed by atoms with Gasteiger partial charge in [-0.25, -0.2) is 0 Å². The maximum atomic E-state index is 12.6. The Morgan fingerprint density at radius 1 is 0.795 bits per heavy atom. The van der Waals surface area contributed by atoms with Crippen LogP contribution in [-0.2, 0) is 40.1 Å². The Morgan fingerprint density at radius 2 is 1.55 bits per heavy atom. The van der Waals surface area contributed by atoms with Crippen molar-refractivity contribution in [1.29, 1.82) is 0 Å². The van der Waals surface area contributed by atoms with Gasteiger partial charge in [-0.3, -0.25) is 14.4 Å². The third-order valence-electron chi connectivity index (χ3n) is 6.65. The van der Waals surface area contributed by atoms with Gasteiger partial charge in [0.1, 0.15) is 17.4 Å². The number of carbonyl (C=O) groups excluding carboxylic acids is 3. The van der Waals surface area contributed by atoms with Gasteiger partial charge in [0.2, 0.25) is 16.9 Å². The van der Waals surface area contributed by atoms with E-state index < -0.39 is 0 Å². The molecule has 0 bridgehead atoms. The van der Waals surface area contributed by atoms with Crippen LogP contribution in [0.3, 0.4) is 0 Å². The summed E-state index contributed by atoms with van der Waals surface area (Å²) in [5.74, 6) is 1.16. The van der Waals surface area contributed by atoms with Crippen LogP contribution in [0.4, 0.5) is 10.9 Å². The number of hydrogen-bond acceptors (Lipinski definition) is 9. The summed E-state index contributed by atoms with van der Waals surface area (Å²) in [4.78, 5) is 36.8. The predicted octanol–water partition coefficient (Wildman–Crippen LogP) is 5.64. The number of amides is 2. The molecule has 11 heteroatoms. The molecule has 4 rings (SSSR count). The van der Waals surface area contributed by atoms with Crippen molar-refractivity contribution in [3.05, 3.63) is 88.6 Å². The van der Waals surface area contributed by atoms with E-state index in [9.17, 15) is 14.4 Å². The lowest BCUT2D eigenvalue weighted by Crippen LogP contribution is -2.16. The molecule has 0 atom stereocenters. The van der Waals surface area contributed by atoms with E-state index in [0.29, 0.717) is 35.5 Å². The first-order chi connectivity index (χ1) is 21.3. The molecule has 0 fully saturated rings. The molecule has 4 aromatic rings. The van der Waals surface area contributed by atoms with E-state index in [-0.39, 0.29) is 30.6 Å². The molecule has 0 aliphatic carbocycles. The second kappa shape index (κ2) is 17.0. The largest absolute Gasteiger partial charge is 0.486 e. The van der Waals surface area contributed by atoms with Crippen molar-refractivity contribution < 1.29 is 19.1 Å². The molecule has 2 aromatic heterocycles. The number of anilines is 2. The van der Waals surface area contributed by atoms with Crippen LogP contribution in [0.25, 0.3) is 0 Å². The lowest BCUT2D eigenvalue weighted by Gasteiger charge is -2.09. The maximum absolute atomic E-state index is 12.6. The second-order valence-corrected chi connectivity index (χ2v) is 12.0. The topological polar surface area (TPSA) is 136 Å². The third-order valence-corrected chi connectivity index (χ3v) is 7.54. The second-order valence-electron chi connectivity index (χ2n) is 11.0. The van der Waals surface area contributed by atoms with Crippen LogP contribution in [0.15, 0.2) is 66.7 Å². The van der Waals surface area contributed by atoms with Gasteiger partial charge in [-0.05, 0) is 67.0 Å². The number of aryl methyl sites for hydroxylation is 2. The number of nitrogens with zero attached hydrogens (tertiary/aromatic N) is 4. The quantitative estimate of drug-likeness (QED) is 0.146. The standard InChI is InChI=1S/C33H38N6O4S/c1-23(2)15-17-27(40)22-43-28-13-8-11-25(19-28)21-30(41)34-29-18-16-26(36-37-29)12-6-7-14-32-38-39-33(44-32)35-31(42)20-24-9-4-3-5-10-24/h3-5,8-11,13,16,18-19,23H,6-7,12,14-15,17,20-22H2,1-2H3,(H,34,37,41)(H,35,39,42). The van der Waals surface area contributed by atoms with Gasteiger partial charge in [-0.1, -0.05) is 67.6 Å². The lowest BCUT2D eigenvalue weighted by atomic mass is 10.1. The highest BCUT2D eigenvalue weighted by molar-refractivity contribution is 7.15. The van der Waals surface area contributed by atoms with Crippen molar-refractivity contribution in [2.24, 2.45) is 5.92 Å². The number of ketones is 1. The average Bonchev–Trinajstić information content (AvgIpc) is 3.45. The van der Waals surface area contributed by atoms with Gasteiger partial charge in [0, 0.05) is 12.8 Å². The fourth-order valence-electron chi connectivity index (χ4n) is 4.30. The summed E-state index contributed by atoms with van der Waals surface area (Å²) < 4.78 is 5.63. The van der Waals surface area contributed by atoms with Crippen molar-refractivity contribution in [3.8, 4) is 5.75 Å². The SMILES string of the molecule is CC(C)CCC(=O)COc1cccc(CC(=O)Nc2ccc(CCCCc3nnc(NC(=O)Cc4ccccc4)s3)nn2)c1. The molecule has 0 aliphatic heterocycles. The van der Waals surface area contributed by atoms with Crippen LogP contribution in [0.5, 0.6) is 5.75 Å². The highest BCUT2D eigenvalue weighted by Crippen LogP contribution is 2.19. The van der Waals surface area contributed by atoms with E-state index in [4.69, 9.17) is 4.74 Å². The van der Waals surface area contributed by atoms with E-state index >= 15 is 0 Å². The van der Waals surface area contributed by atoms with E-state index in [1.165, 1.54) is 11.3 Å². The number of ether oxygens (including phenoxy) is 1. The molecule has 0 unspecified atom stereocenters. The minimum Gasteiger partial charge on any atom is -0.486 e. The van der Waals surface area contributed by atoms with Gasteiger partial charge in [-0.15, -0.1) is 15.3 Å². The summed E-state index contributed by atoms with van der Waals surface area (Å²) in [6.45, 7) is 4.20. The summed E-state index contributed by atoms with van der Waals surface area (Å²) in [6.07, 6.45) is 5.07. The zero-order valence-electron chi connectivity index (χ0n) is 25.1. The van der Waals surface area contributed by atoms with Crippen molar-refractivity contribution in [3.63, 3.8) is 0 Å². The molecule has 0 radical (unpaired) electrons. The molecule has 0 aliphatic rings. The summed E-state index contributed by atoms with van der Waals surface area (Å²) in [7, 11) is 0. The highest BCUT2D eigenvalue weighted by Gasteiger charge is 2.11. The molecule has 44 heavy (non-hydrogen) atoms. The van der Waals surface area contributed by atoms with Crippen LogP contribution in [0.1, 0.15) is 61.4 Å². The number of Topliss-reactive ketones (excluding diaryl/α,β-unsaturated/α-hetero) is 1. The molecule has 2 N–H and O–H groups in total. The molecule has 230 valence electrons. The summed E-state index contributed by atoms with van der Waals surface area (Å²) in [5, 5.41) is 23.6. The molecule has 2 amide bonds. The molecule has 2 heterocycles. The molecule has 10 nitrogen and oxygen atoms in total. The number of hydrogen-bond donors (Lipinski definition) is 2. The molecule has 0 saturated carbocycles. The fourth-order valence-corrected chi connectivity index (χ4v) is 5.09. The van der Waals surface area contributed by atoms with Crippen molar-refractivity contribution in [2.45, 2.75) is 65.2 Å². The monoisotopic (exact) mass is 614 g/mol. The van der Waals surface area contributed by atoms with Gasteiger partial charge < -0.3 is 15.4 Å². The third kappa shape index (κ3) is 11.6. The van der Waals surface area contributed by atoms with Crippen LogP contribution in [0.2, 0.25) is 0 Å². The Labute approximate surface area is 261 Å². The molecule has 0 spiro atoms. The molecular formula is C33H38N6O4S. The number of aromatic nitrogens is 4. The predicted molar refractivity (Wildman–Crippen MR) is 171 cm³/mol. The number of rotatable bonds is 17. The Kier molecular flexibility index (Phi) is 12.5. The van der Waals surface area contributed by atoms with Gasteiger partial charge in [0.05, 0.1) is 18.5 Å². The van der Waals surface area contributed by atoms with Crippen LogP contribution >= 0.6 is 11.3 Å². The van der Waals surface area contributed by atoms with Gasteiger partial charge in [0.15, 0.2) is 11.6 Å². The van der Waals surface area contributed by atoms with E-state index in [1.54, 1.807) is 24.3 Å². The maximum Gasteiger partial charge on any atom is 0.230 e. The van der Waals surface area contributed by atoms with Crippen LogP contribution in [0, 0.1) is 5.92 Å². The average molecular weight is 615 g/mol. The van der Waals surface area contributed by atoms with Crippen molar-refractivity contribution >= 4 is 39.9 Å². The normalized spacial score (nSPS) is 10.9. The fraction of sp³-hybridized carbons (Fsp3) is 0.364. The molecule has 0 saturated heterocycles. The minimum atomic E-state index is -0.218. The zero-order chi connectivity index (χ0) is 31.1. The van der Waals surface area contributed by atoms with Gasteiger partial charge in [-0.2, -0.15) is 5.10 Å². The van der Waals surface area contributed by atoms with E-state index in [0.717, 1.165) is 53.9 Å². The molecule has 2 aromatic carbocycles. The first-order valence-corrected chi connectivity index (χ1v) is 15.7. The molecular weight excluding hydrogens is 576 g/mol.